The largest absolute Gasteiger partial charge is 0.327 e. The fourth-order valence-electron chi connectivity index (χ4n) is 3.66. The Morgan fingerprint density at radius 1 is 1.00 bits per heavy atom. The van der Waals surface area contributed by atoms with Crippen LogP contribution in [0.2, 0.25) is 0 Å². The van der Waals surface area contributed by atoms with Gasteiger partial charge in [-0.3, -0.25) is 0 Å². The smallest absolute Gasteiger partial charge is 0.00763 e. The molecule has 1 nitrogen and oxygen atoms in total. The monoisotopic (exact) mass is 249 g/mol. The van der Waals surface area contributed by atoms with Gasteiger partial charge in [0.05, 0.1) is 0 Å². The van der Waals surface area contributed by atoms with Crippen LogP contribution in [-0.2, 0) is 6.42 Å². The van der Waals surface area contributed by atoms with Crippen LogP contribution in [0, 0.1) is 5.92 Å². The lowest BCUT2D eigenvalue weighted by molar-refractivity contribution is 0.226. The molecule has 1 fully saturated rings. The van der Waals surface area contributed by atoms with E-state index in [-0.39, 0.29) is 0 Å². The summed E-state index contributed by atoms with van der Waals surface area (Å²) in [5.41, 5.74) is 13.3. The lowest BCUT2D eigenvalue weighted by atomic mass is 9.67. The van der Waals surface area contributed by atoms with Crippen molar-refractivity contribution in [2.45, 2.75) is 31.7 Å². The summed E-state index contributed by atoms with van der Waals surface area (Å²) in [7, 11) is 0. The van der Waals surface area contributed by atoms with Crippen molar-refractivity contribution < 1.29 is 0 Å². The van der Waals surface area contributed by atoms with Crippen molar-refractivity contribution >= 4 is 0 Å². The third-order valence-corrected chi connectivity index (χ3v) is 5.08. The van der Waals surface area contributed by atoms with Crippen LogP contribution in [-0.4, -0.2) is 6.04 Å². The molecule has 0 aromatic heterocycles. The molecule has 2 aromatic carbocycles. The molecule has 96 valence electrons. The Labute approximate surface area is 114 Å². The Morgan fingerprint density at radius 2 is 1.79 bits per heavy atom. The van der Waals surface area contributed by atoms with Crippen molar-refractivity contribution in [2.75, 3.05) is 0 Å². The molecule has 19 heavy (non-hydrogen) atoms. The van der Waals surface area contributed by atoms with E-state index in [1.54, 1.807) is 0 Å². The first kappa shape index (κ1) is 11.2. The third kappa shape index (κ3) is 1.58. The van der Waals surface area contributed by atoms with Gasteiger partial charge in [0.2, 0.25) is 0 Å². The summed E-state index contributed by atoms with van der Waals surface area (Å²) in [6.07, 6.45) is 2.24. The topological polar surface area (TPSA) is 26.0 Å². The van der Waals surface area contributed by atoms with Gasteiger partial charge in [0.1, 0.15) is 0 Å². The zero-order valence-corrected chi connectivity index (χ0v) is 11.3. The third-order valence-electron chi connectivity index (χ3n) is 5.08. The average molecular weight is 249 g/mol. The second-order valence-corrected chi connectivity index (χ2v) is 6.12. The van der Waals surface area contributed by atoms with Crippen LogP contribution >= 0.6 is 0 Å². The van der Waals surface area contributed by atoms with Gasteiger partial charge in [-0.05, 0) is 52.5 Å². The lowest BCUT2D eigenvalue weighted by Gasteiger charge is -2.41. The highest BCUT2D eigenvalue weighted by Gasteiger charge is 2.36. The minimum absolute atomic E-state index is 0.399. The second-order valence-electron chi connectivity index (χ2n) is 6.12. The number of rotatable bonds is 1. The van der Waals surface area contributed by atoms with E-state index in [2.05, 4.69) is 49.4 Å². The molecule has 1 heteroatoms. The van der Waals surface area contributed by atoms with Crippen molar-refractivity contribution in [1.29, 1.82) is 0 Å². The highest BCUT2D eigenvalue weighted by Crippen LogP contribution is 2.44. The molecule has 0 radical (unpaired) electrons. The van der Waals surface area contributed by atoms with Gasteiger partial charge < -0.3 is 5.73 Å². The standard InChI is InChI=1S/C18H19N/c1-11-17(10-18(11)19)13-6-7-16-14(9-13)8-12-4-2-3-5-15(12)16/h2-7,9,11,17-18H,8,10,19H2,1H3. The summed E-state index contributed by atoms with van der Waals surface area (Å²) in [6, 6.07) is 16.2. The maximum Gasteiger partial charge on any atom is 0.00763 e. The maximum atomic E-state index is 6.03. The zero-order valence-electron chi connectivity index (χ0n) is 11.3. The van der Waals surface area contributed by atoms with Crippen molar-refractivity contribution in [3.63, 3.8) is 0 Å². The summed E-state index contributed by atoms with van der Waals surface area (Å²) >= 11 is 0. The predicted octanol–water partition coefficient (Wildman–Crippen LogP) is 3.71. The highest BCUT2D eigenvalue weighted by molar-refractivity contribution is 5.77. The molecule has 4 rings (SSSR count). The van der Waals surface area contributed by atoms with Crippen LogP contribution in [0.3, 0.4) is 0 Å². The summed E-state index contributed by atoms with van der Waals surface area (Å²) < 4.78 is 0. The summed E-state index contributed by atoms with van der Waals surface area (Å²) in [6.45, 7) is 2.28. The summed E-state index contributed by atoms with van der Waals surface area (Å²) in [4.78, 5) is 0. The van der Waals surface area contributed by atoms with Gasteiger partial charge in [0.15, 0.2) is 0 Å². The Kier molecular flexibility index (Phi) is 2.33. The van der Waals surface area contributed by atoms with Crippen molar-refractivity contribution in [1.82, 2.24) is 0 Å². The lowest BCUT2D eigenvalue weighted by Crippen LogP contribution is -2.44. The molecule has 0 aliphatic heterocycles. The van der Waals surface area contributed by atoms with E-state index in [9.17, 15) is 0 Å². The molecular weight excluding hydrogens is 230 g/mol. The maximum absolute atomic E-state index is 6.03. The molecule has 2 aromatic rings. The molecule has 0 bridgehead atoms. The first-order valence-corrected chi connectivity index (χ1v) is 7.21. The molecule has 1 saturated carbocycles. The van der Waals surface area contributed by atoms with Crippen LogP contribution < -0.4 is 5.73 Å². The normalized spacial score (nSPS) is 27.6. The van der Waals surface area contributed by atoms with Crippen molar-refractivity contribution in [3.05, 3.63) is 59.2 Å². The van der Waals surface area contributed by atoms with E-state index in [1.165, 1.54) is 27.8 Å². The molecule has 0 spiro atoms. The van der Waals surface area contributed by atoms with Crippen LogP contribution in [0.5, 0.6) is 0 Å². The Balaban J connectivity index is 1.72. The van der Waals surface area contributed by atoms with Crippen LogP contribution in [0.25, 0.3) is 11.1 Å². The van der Waals surface area contributed by atoms with Gasteiger partial charge in [0, 0.05) is 6.04 Å². The van der Waals surface area contributed by atoms with Crippen molar-refractivity contribution in [2.24, 2.45) is 11.7 Å². The molecule has 3 atom stereocenters. The second kappa shape index (κ2) is 3.94. The Hall–Kier alpha value is -1.60. The first-order valence-electron chi connectivity index (χ1n) is 7.21. The van der Waals surface area contributed by atoms with E-state index in [1.807, 2.05) is 0 Å². The molecule has 0 amide bonds. The van der Waals surface area contributed by atoms with E-state index in [4.69, 9.17) is 5.73 Å². The van der Waals surface area contributed by atoms with Gasteiger partial charge in [-0.25, -0.2) is 0 Å². The fraction of sp³-hybridized carbons (Fsp3) is 0.333. The Bertz CT molecular complexity index is 644. The number of benzene rings is 2. The predicted molar refractivity (Wildman–Crippen MR) is 79.2 cm³/mol. The highest BCUT2D eigenvalue weighted by atomic mass is 14.7. The number of hydrogen-bond donors (Lipinski definition) is 1. The SMILES string of the molecule is CC1C(N)CC1c1ccc2c(c1)Cc1ccccc1-2. The number of hydrogen-bond acceptors (Lipinski definition) is 1. The minimum atomic E-state index is 0.399. The minimum Gasteiger partial charge on any atom is -0.327 e. The molecule has 2 aliphatic rings. The number of nitrogens with two attached hydrogens (primary N) is 1. The molecule has 3 unspecified atom stereocenters. The van der Waals surface area contributed by atoms with E-state index in [0.29, 0.717) is 17.9 Å². The summed E-state index contributed by atoms with van der Waals surface area (Å²) in [5, 5.41) is 0. The van der Waals surface area contributed by atoms with Crippen LogP contribution in [0.15, 0.2) is 42.5 Å². The molecule has 0 saturated heterocycles. The van der Waals surface area contributed by atoms with E-state index >= 15 is 0 Å². The fourth-order valence-corrected chi connectivity index (χ4v) is 3.66. The van der Waals surface area contributed by atoms with Crippen molar-refractivity contribution in [3.8, 4) is 11.1 Å². The van der Waals surface area contributed by atoms with Crippen LogP contribution in [0.1, 0.15) is 36.0 Å². The van der Waals surface area contributed by atoms with Gasteiger partial charge >= 0.3 is 0 Å². The molecule has 0 heterocycles. The van der Waals surface area contributed by atoms with Crippen LogP contribution in [0.4, 0.5) is 0 Å². The van der Waals surface area contributed by atoms with Gasteiger partial charge in [0.25, 0.3) is 0 Å². The quantitative estimate of drug-likeness (QED) is 0.699. The van der Waals surface area contributed by atoms with Gasteiger partial charge in [-0.2, -0.15) is 0 Å². The van der Waals surface area contributed by atoms with Gasteiger partial charge in [-0.1, -0.05) is 49.4 Å². The number of fused-ring (bicyclic) bond motifs is 3. The summed E-state index contributed by atoms with van der Waals surface area (Å²) in [5.74, 6) is 1.30. The molecular formula is C18H19N. The Morgan fingerprint density at radius 3 is 2.58 bits per heavy atom. The zero-order chi connectivity index (χ0) is 13.0. The van der Waals surface area contributed by atoms with E-state index < -0.39 is 0 Å². The average Bonchev–Trinajstić information content (AvgIpc) is 2.81. The molecule has 2 aliphatic carbocycles. The van der Waals surface area contributed by atoms with E-state index in [0.717, 1.165) is 12.8 Å². The molecule has 2 N–H and O–H groups in total. The van der Waals surface area contributed by atoms with Gasteiger partial charge in [-0.15, -0.1) is 0 Å². The first-order chi connectivity index (χ1) is 9.24.